The van der Waals surface area contributed by atoms with Crippen molar-refractivity contribution in [2.45, 2.75) is 6.54 Å². The molecule has 0 aliphatic rings. The number of nitrogens with one attached hydrogen (secondary N) is 1. The molecule has 0 aromatic heterocycles. The fraction of sp³-hybridized carbons (Fsp3) is 0.0526. The molecule has 0 atom stereocenters. The second kappa shape index (κ2) is 8.95. The summed E-state index contributed by atoms with van der Waals surface area (Å²) in [7, 11) is 0. The molecule has 132 valence electrons. The van der Waals surface area contributed by atoms with Gasteiger partial charge in [-0.1, -0.05) is 41.4 Å². The molecule has 0 heterocycles. The minimum Gasteiger partial charge on any atom is -0.508 e. The summed E-state index contributed by atoms with van der Waals surface area (Å²) < 4.78 is 0. The monoisotopic (exact) mass is 388 g/mol. The van der Waals surface area contributed by atoms with E-state index in [1.807, 2.05) is 6.07 Å². The molecule has 3 N–H and O–H groups in total. The lowest BCUT2D eigenvalue weighted by Crippen LogP contribution is -2.24. The molecule has 0 fully saturated rings. The molecule has 2 aromatic carbocycles. The fourth-order valence-electron chi connectivity index (χ4n) is 2.07. The van der Waals surface area contributed by atoms with Crippen LogP contribution in [0.1, 0.15) is 11.1 Å². The molecule has 1 amide bonds. The molecule has 0 saturated carbocycles. The minimum atomic E-state index is -0.554. The third-order valence-corrected chi connectivity index (χ3v) is 3.88. The Morgan fingerprint density at radius 1 is 1.15 bits per heavy atom. The van der Waals surface area contributed by atoms with E-state index < -0.39 is 5.91 Å². The molecule has 0 aliphatic heterocycles. The number of phenols is 2. The molecule has 7 heteroatoms. The van der Waals surface area contributed by atoms with Crippen molar-refractivity contribution in [1.29, 1.82) is 5.26 Å². The quantitative estimate of drug-likeness (QED) is 0.406. The van der Waals surface area contributed by atoms with Gasteiger partial charge in [-0.2, -0.15) is 5.26 Å². The molecule has 0 radical (unpaired) electrons. The molecule has 2 rings (SSSR count). The van der Waals surface area contributed by atoms with Crippen molar-refractivity contribution in [2.75, 3.05) is 0 Å². The second-order valence-corrected chi connectivity index (χ2v) is 6.10. The molecule has 0 aliphatic carbocycles. The number of benzene rings is 2. The molecular formula is C19H14Cl2N2O3. The maximum atomic E-state index is 12.1. The van der Waals surface area contributed by atoms with Crippen LogP contribution in [0.4, 0.5) is 0 Å². The first-order valence-corrected chi connectivity index (χ1v) is 8.18. The van der Waals surface area contributed by atoms with Gasteiger partial charge in [0, 0.05) is 22.7 Å². The molecule has 0 saturated heterocycles. The number of aromatic hydroxyl groups is 2. The number of rotatable bonds is 5. The van der Waals surface area contributed by atoms with Gasteiger partial charge < -0.3 is 15.5 Å². The number of nitriles is 1. The third kappa shape index (κ3) is 5.55. The van der Waals surface area contributed by atoms with Crippen LogP contribution in [0, 0.1) is 11.3 Å². The Labute approximate surface area is 160 Å². The van der Waals surface area contributed by atoms with Crippen LogP contribution < -0.4 is 5.32 Å². The number of halogens is 2. The highest BCUT2D eigenvalue weighted by atomic mass is 35.5. The first kappa shape index (κ1) is 19.4. The predicted molar refractivity (Wildman–Crippen MR) is 101 cm³/mol. The Bertz CT molecular complexity index is 911. The van der Waals surface area contributed by atoms with E-state index in [0.717, 1.165) is 0 Å². The largest absolute Gasteiger partial charge is 0.508 e. The van der Waals surface area contributed by atoms with Crippen LogP contribution >= 0.6 is 23.2 Å². The number of hydrogen-bond donors (Lipinski definition) is 3. The summed E-state index contributed by atoms with van der Waals surface area (Å²) in [6, 6.07) is 10.8. The van der Waals surface area contributed by atoms with Gasteiger partial charge >= 0.3 is 0 Å². The summed E-state index contributed by atoms with van der Waals surface area (Å²) in [5, 5.41) is 31.5. The molecular weight excluding hydrogens is 375 g/mol. The van der Waals surface area contributed by atoms with Crippen molar-refractivity contribution >= 4 is 35.2 Å². The van der Waals surface area contributed by atoms with Crippen LogP contribution in [-0.2, 0) is 11.3 Å². The molecule has 26 heavy (non-hydrogen) atoms. The number of allylic oxidation sites excluding steroid dienone is 2. The number of phenolic OH excluding ortho intramolecular Hbond substituents is 2. The molecule has 5 nitrogen and oxygen atoms in total. The highest BCUT2D eigenvalue weighted by molar-refractivity contribution is 6.35. The van der Waals surface area contributed by atoms with Gasteiger partial charge in [-0.15, -0.1) is 0 Å². The van der Waals surface area contributed by atoms with Crippen LogP contribution in [-0.4, -0.2) is 16.1 Å². The Balaban J connectivity index is 2.04. The van der Waals surface area contributed by atoms with Crippen molar-refractivity contribution in [2.24, 2.45) is 0 Å². The zero-order valence-corrected chi connectivity index (χ0v) is 14.9. The normalized spacial score (nSPS) is 11.3. The highest BCUT2D eigenvalue weighted by Crippen LogP contribution is 2.22. The summed E-state index contributed by atoms with van der Waals surface area (Å²) in [6.07, 6.45) is 4.35. The standard InChI is InChI=1S/C19H14Cl2N2O3/c20-15-5-4-14(18(21)8-15)11-23-19(26)13(10-22)3-1-2-12-6-16(24)9-17(25)7-12/h1-9,24-25H,11H2,(H,23,26)/b2-1+,13-3+. The zero-order valence-electron chi connectivity index (χ0n) is 13.4. The van der Waals surface area contributed by atoms with Gasteiger partial charge in [0.25, 0.3) is 5.91 Å². The number of hydrogen-bond acceptors (Lipinski definition) is 4. The van der Waals surface area contributed by atoms with Crippen LogP contribution in [0.5, 0.6) is 11.5 Å². The average Bonchev–Trinajstić information content (AvgIpc) is 2.57. The first-order chi connectivity index (χ1) is 12.4. The molecule has 0 unspecified atom stereocenters. The Hall–Kier alpha value is -2.94. The van der Waals surface area contributed by atoms with Gasteiger partial charge in [0.1, 0.15) is 23.1 Å². The molecule has 0 spiro atoms. The number of amides is 1. The third-order valence-electron chi connectivity index (χ3n) is 3.30. The molecule has 2 aromatic rings. The van der Waals surface area contributed by atoms with Gasteiger partial charge in [0.05, 0.1) is 0 Å². The van der Waals surface area contributed by atoms with Crippen molar-refractivity contribution < 1.29 is 15.0 Å². The Kier molecular flexibility index (Phi) is 6.67. The van der Waals surface area contributed by atoms with Crippen molar-refractivity contribution in [3.63, 3.8) is 0 Å². The van der Waals surface area contributed by atoms with Crippen LogP contribution in [0.15, 0.2) is 54.1 Å². The topological polar surface area (TPSA) is 93.3 Å². The number of carbonyl (C=O) groups excluding carboxylic acids is 1. The lowest BCUT2D eigenvalue weighted by molar-refractivity contribution is -0.117. The molecule has 0 bridgehead atoms. The second-order valence-electron chi connectivity index (χ2n) is 5.25. The van der Waals surface area contributed by atoms with Crippen molar-refractivity contribution in [3.8, 4) is 17.6 Å². The van der Waals surface area contributed by atoms with E-state index >= 15 is 0 Å². The van der Waals surface area contributed by atoms with Crippen LogP contribution in [0.2, 0.25) is 10.0 Å². The number of nitrogens with zero attached hydrogens (tertiary/aromatic N) is 1. The predicted octanol–water partition coefficient (Wildman–Crippen LogP) is 4.18. The summed E-state index contributed by atoms with van der Waals surface area (Å²) in [6.45, 7) is 0.151. The van der Waals surface area contributed by atoms with E-state index in [1.54, 1.807) is 24.3 Å². The van der Waals surface area contributed by atoms with Gasteiger partial charge in [0.15, 0.2) is 0 Å². The van der Waals surface area contributed by atoms with Crippen molar-refractivity contribution in [1.82, 2.24) is 5.32 Å². The minimum absolute atomic E-state index is 0.0910. The SMILES string of the molecule is N#C/C(=C\C=C\c1cc(O)cc(O)c1)C(=O)NCc1ccc(Cl)cc1Cl. The fourth-order valence-corrected chi connectivity index (χ4v) is 2.54. The Morgan fingerprint density at radius 2 is 1.85 bits per heavy atom. The maximum Gasteiger partial charge on any atom is 0.262 e. The summed E-state index contributed by atoms with van der Waals surface area (Å²) >= 11 is 11.9. The van der Waals surface area contributed by atoms with E-state index in [-0.39, 0.29) is 23.6 Å². The van der Waals surface area contributed by atoms with Gasteiger partial charge in [0.2, 0.25) is 0 Å². The van der Waals surface area contributed by atoms with E-state index in [1.165, 1.54) is 30.4 Å². The highest BCUT2D eigenvalue weighted by Gasteiger charge is 2.09. The zero-order chi connectivity index (χ0) is 19.1. The van der Waals surface area contributed by atoms with E-state index in [9.17, 15) is 15.0 Å². The van der Waals surface area contributed by atoms with E-state index in [4.69, 9.17) is 28.5 Å². The van der Waals surface area contributed by atoms with Crippen LogP contribution in [0.25, 0.3) is 6.08 Å². The first-order valence-electron chi connectivity index (χ1n) is 7.42. The smallest absolute Gasteiger partial charge is 0.262 e. The summed E-state index contributed by atoms with van der Waals surface area (Å²) in [5.74, 6) is -0.736. The summed E-state index contributed by atoms with van der Waals surface area (Å²) in [5.41, 5.74) is 1.09. The average molecular weight is 389 g/mol. The van der Waals surface area contributed by atoms with Gasteiger partial charge in [-0.05, 0) is 41.5 Å². The lowest BCUT2D eigenvalue weighted by atomic mass is 10.1. The summed E-state index contributed by atoms with van der Waals surface area (Å²) in [4.78, 5) is 12.1. The maximum absolute atomic E-state index is 12.1. The number of carbonyl (C=O) groups is 1. The van der Waals surface area contributed by atoms with Gasteiger partial charge in [-0.25, -0.2) is 0 Å². The van der Waals surface area contributed by atoms with E-state index in [0.29, 0.717) is 21.2 Å². The van der Waals surface area contributed by atoms with Crippen molar-refractivity contribution in [3.05, 3.63) is 75.3 Å². The lowest BCUT2D eigenvalue weighted by Gasteiger charge is -2.06. The Morgan fingerprint density at radius 3 is 2.46 bits per heavy atom. The van der Waals surface area contributed by atoms with Gasteiger partial charge in [-0.3, -0.25) is 4.79 Å². The van der Waals surface area contributed by atoms with Crippen LogP contribution in [0.3, 0.4) is 0 Å². The van der Waals surface area contributed by atoms with E-state index in [2.05, 4.69) is 5.32 Å².